The molecule has 0 amide bonds. The lowest BCUT2D eigenvalue weighted by atomic mass is 10.2. The van der Waals surface area contributed by atoms with Gasteiger partial charge >= 0.3 is 0 Å². The molecule has 3 aromatic rings. The van der Waals surface area contributed by atoms with Crippen LogP contribution in [0, 0.1) is 6.92 Å². The van der Waals surface area contributed by atoms with Crippen LogP contribution in [0.4, 0.5) is 0 Å². The Labute approximate surface area is 157 Å². The Bertz CT molecular complexity index is 878. The van der Waals surface area contributed by atoms with E-state index < -0.39 is 0 Å². The number of ether oxygens (including phenoxy) is 1. The standard InChI is InChI=1S/C20H21N3O2S/c1-3-23-19(13-25-17-11-7-8-15(2)12-17)21-22-20(23)26-14-18(24)16-9-5-4-6-10-16/h4-12H,3,13-14H2,1-2H3. The SMILES string of the molecule is CCn1c(COc2cccc(C)c2)nnc1SCC(=O)c1ccccc1. The fraction of sp³-hybridized carbons (Fsp3) is 0.250. The van der Waals surface area contributed by atoms with Gasteiger partial charge in [-0.1, -0.05) is 54.2 Å². The van der Waals surface area contributed by atoms with Crippen molar-refractivity contribution >= 4 is 17.5 Å². The van der Waals surface area contributed by atoms with Crippen molar-refractivity contribution in [1.29, 1.82) is 0 Å². The number of aromatic nitrogens is 3. The minimum absolute atomic E-state index is 0.0822. The first-order valence-electron chi connectivity index (χ1n) is 8.50. The number of ketones is 1. The maximum absolute atomic E-state index is 12.3. The molecule has 0 aliphatic carbocycles. The number of hydrogen-bond donors (Lipinski definition) is 0. The topological polar surface area (TPSA) is 57.0 Å². The molecule has 0 aliphatic heterocycles. The Morgan fingerprint density at radius 2 is 1.92 bits per heavy atom. The highest BCUT2D eigenvalue weighted by molar-refractivity contribution is 7.99. The van der Waals surface area contributed by atoms with Gasteiger partial charge in [0.15, 0.2) is 16.8 Å². The molecule has 5 nitrogen and oxygen atoms in total. The molecular formula is C20H21N3O2S. The largest absolute Gasteiger partial charge is 0.486 e. The number of carbonyl (C=O) groups is 1. The summed E-state index contributed by atoms with van der Waals surface area (Å²) in [5.41, 5.74) is 1.86. The van der Waals surface area contributed by atoms with E-state index in [0.717, 1.165) is 28.8 Å². The van der Waals surface area contributed by atoms with Gasteiger partial charge in [-0.25, -0.2) is 0 Å². The average Bonchev–Trinajstić information content (AvgIpc) is 3.07. The van der Waals surface area contributed by atoms with Crippen LogP contribution in [0.25, 0.3) is 0 Å². The van der Waals surface area contributed by atoms with Crippen molar-refractivity contribution in [1.82, 2.24) is 14.8 Å². The predicted molar refractivity (Wildman–Crippen MR) is 103 cm³/mol. The van der Waals surface area contributed by atoms with Gasteiger partial charge in [0.2, 0.25) is 0 Å². The third kappa shape index (κ3) is 4.52. The Balaban J connectivity index is 1.63. The summed E-state index contributed by atoms with van der Waals surface area (Å²) in [6, 6.07) is 17.2. The molecule has 1 heterocycles. The van der Waals surface area contributed by atoms with Gasteiger partial charge in [0, 0.05) is 12.1 Å². The van der Waals surface area contributed by atoms with Crippen molar-refractivity contribution < 1.29 is 9.53 Å². The zero-order valence-corrected chi connectivity index (χ0v) is 15.7. The van der Waals surface area contributed by atoms with Crippen molar-refractivity contribution in [3.63, 3.8) is 0 Å². The number of carbonyl (C=O) groups excluding carboxylic acids is 1. The number of rotatable bonds is 8. The first-order valence-corrected chi connectivity index (χ1v) is 9.48. The second-order valence-corrected chi connectivity index (χ2v) is 6.77. The van der Waals surface area contributed by atoms with Crippen LogP contribution in [-0.2, 0) is 13.2 Å². The maximum Gasteiger partial charge on any atom is 0.191 e. The van der Waals surface area contributed by atoms with Gasteiger partial charge in [0.05, 0.1) is 5.75 Å². The van der Waals surface area contributed by atoms with Crippen molar-refractivity contribution in [2.75, 3.05) is 5.75 Å². The highest BCUT2D eigenvalue weighted by Gasteiger charge is 2.14. The molecule has 1 aromatic heterocycles. The molecule has 0 spiro atoms. The number of nitrogens with zero attached hydrogens (tertiary/aromatic N) is 3. The van der Waals surface area contributed by atoms with E-state index in [-0.39, 0.29) is 5.78 Å². The zero-order valence-electron chi connectivity index (χ0n) is 14.9. The first kappa shape index (κ1) is 18.2. The Hall–Kier alpha value is -2.60. The van der Waals surface area contributed by atoms with Gasteiger partial charge in [-0.05, 0) is 31.5 Å². The van der Waals surface area contributed by atoms with Crippen molar-refractivity contribution in [2.24, 2.45) is 0 Å². The highest BCUT2D eigenvalue weighted by Crippen LogP contribution is 2.20. The molecule has 0 aliphatic rings. The lowest BCUT2D eigenvalue weighted by Gasteiger charge is -2.09. The second-order valence-electron chi connectivity index (χ2n) is 5.83. The molecule has 134 valence electrons. The Kier molecular flexibility index (Phi) is 6.07. The lowest BCUT2D eigenvalue weighted by molar-refractivity contribution is 0.102. The van der Waals surface area contributed by atoms with Crippen molar-refractivity contribution in [3.8, 4) is 5.75 Å². The Morgan fingerprint density at radius 1 is 1.12 bits per heavy atom. The summed E-state index contributed by atoms with van der Waals surface area (Å²) in [6.07, 6.45) is 0. The predicted octanol–water partition coefficient (Wildman–Crippen LogP) is 4.16. The van der Waals surface area contributed by atoms with Crippen LogP contribution < -0.4 is 4.74 Å². The molecule has 6 heteroatoms. The van der Waals surface area contributed by atoms with Crippen LogP contribution in [0.5, 0.6) is 5.75 Å². The van der Waals surface area contributed by atoms with E-state index in [1.165, 1.54) is 11.8 Å². The number of hydrogen-bond acceptors (Lipinski definition) is 5. The van der Waals surface area contributed by atoms with Gasteiger partial charge in [-0.2, -0.15) is 0 Å². The van der Waals surface area contributed by atoms with E-state index >= 15 is 0 Å². The highest BCUT2D eigenvalue weighted by atomic mass is 32.2. The van der Waals surface area contributed by atoms with Crippen LogP contribution in [-0.4, -0.2) is 26.3 Å². The molecular weight excluding hydrogens is 346 g/mol. The van der Waals surface area contributed by atoms with Gasteiger partial charge in [-0.15, -0.1) is 10.2 Å². The minimum Gasteiger partial charge on any atom is -0.486 e. The first-order chi connectivity index (χ1) is 12.7. The van der Waals surface area contributed by atoms with Gasteiger partial charge in [-0.3, -0.25) is 4.79 Å². The third-order valence-corrected chi connectivity index (χ3v) is 4.86. The fourth-order valence-corrected chi connectivity index (χ4v) is 3.46. The summed E-state index contributed by atoms with van der Waals surface area (Å²) in [6.45, 7) is 5.13. The lowest BCUT2D eigenvalue weighted by Crippen LogP contribution is -2.08. The minimum atomic E-state index is 0.0822. The van der Waals surface area contributed by atoms with Crippen LogP contribution >= 0.6 is 11.8 Å². The van der Waals surface area contributed by atoms with Crippen LogP contribution in [0.3, 0.4) is 0 Å². The van der Waals surface area contributed by atoms with E-state index in [9.17, 15) is 4.79 Å². The second kappa shape index (κ2) is 8.67. The van der Waals surface area contributed by atoms with E-state index in [1.54, 1.807) is 0 Å². The molecule has 0 saturated heterocycles. The monoisotopic (exact) mass is 367 g/mol. The average molecular weight is 367 g/mol. The zero-order chi connectivity index (χ0) is 18.4. The summed E-state index contributed by atoms with van der Waals surface area (Å²) >= 11 is 1.40. The molecule has 0 fully saturated rings. The molecule has 0 radical (unpaired) electrons. The summed E-state index contributed by atoms with van der Waals surface area (Å²) in [5.74, 6) is 1.98. The summed E-state index contributed by atoms with van der Waals surface area (Å²) in [5, 5.41) is 9.19. The summed E-state index contributed by atoms with van der Waals surface area (Å²) in [4.78, 5) is 12.3. The van der Waals surface area contributed by atoms with Crippen LogP contribution in [0.15, 0.2) is 59.8 Å². The molecule has 0 saturated carbocycles. The van der Waals surface area contributed by atoms with Crippen molar-refractivity contribution in [3.05, 3.63) is 71.5 Å². The molecule has 3 rings (SSSR count). The molecule has 0 atom stereocenters. The fourth-order valence-electron chi connectivity index (χ4n) is 2.54. The van der Waals surface area contributed by atoms with Crippen LogP contribution in [0.1, 0.15) is 28.7 Å². The third-order valence-electron chi connectivity index (χ3n) is 3.90. The number of thioether (sulfide) groups is 1. The van der Waals surface area contributed by atoms with Gasteiger partial charge in [0.1, 0.15) is 12.4 Å². The molecule has 0 unspecified atom stereocenters. The summed E-state index contributed by atoms with van der Waals surface area (Å²) < 4.78 is 7.81. The quantitative estimate of drug-likeness (QED) is 0.442. The van der Waals surface area contributed by atoms with E-state index in [0.29, 0.717) is 17.9 Å². The number of aryl methyl sites for hydroxylation is 1. The number of Topliss-reactive ketones (excluding diaryl/α,β-unsaturated/α-hetero) is 1. The van der Waals surface area contributed by atoms with Gasteiger partial charge < -0.3 is 9.30 Å². The molecule has 26 heavy (non-hydrogen) atoms. The molecule has 2 aromatic carbocycles. The molecule has 0 bridgehead atoms. The smallest absolute Gasteiger partial charge is 0.191 e. The van der Waals surface area contributed by atoms with Crippen LogP contribution in [0.2, 0.25) is 0 Å². The number of benzene rings is 2. The van der Waals surface area contributed by atoms with Crippen molar-refractivity contribution in [2.45, 2.75) is 32.2 Å². The normalized spacial score (nSPS) is 10.7. The van der Waals surface area contributed by atoms with E-state index in [4.69, 9.17) is 4.74 Å². The maximum atomic E-state index is 12.3. The van der Waals surface area contributed by atoms with Gasteiger partial charge in [0.25, 0.3) is 0 Å². The summed E-state index contributed by atoms with van der Waals surface area (Å²) in [7, 11) is 0. The van der Waals surface area contributed by atoms with E-state index in [1.807, 2.05) is 73.0 Å². The van der Waals surface area contributed by atoms with E-state index in [2.05, 4.69) is 10.2 Å². The molecule has 0 N–H and O–H groups in total. The Morgan fingerprint density at radius 3 is 2.65 bits per heavy atom.